The molecule has 3 aromatic carbocycles. The molecule has 3 aromatic rings. The summed E-state index contributed by atoms with van der Waals surface area (Å²) in [5, 5.41) is 11.6. The van der Waals surface area contributed by atoms with Gasteiger partial charge in [-0.05, 0) is 54.4 Å². The van der Waals surface area contributed by atoms with Gasteiger partial charge < -0.3 is 19.3 Å². The summed E-state index contributed by atoms with van der Waals surface area (Å²) >= 11 is 6.38. The molecule has 36 heavy (non-hydrogen) atoms. The molecule has 0 bridgehead atoms. The molecule has 186 valence electrons. The zero-order valence-corrected chi connectivity index (χ0v) is 20.9. The standard InChI is InChI=1S/C28H26ClNO6/c1-4-13-36-21-10-5-7-17(14-21)25-24(26(31)22-16-20(35-3)11-12-23(22)29)27(32)28(33)30(25)18-8-6-9-19(15-18)34-2/h5-12,14-16,25,31H,4,13H2,1-3H3/b26-24+. The van der Waals surface area contributed by atoms with Gasteiger partial charge in [0.2, 0.25) is 0 Å². The molecule has 7 nitrogen and oxygen atoms in total. The average molecular weight is 508 g/mol. The Balaban J connectivity index is 1.95. The third-order valence-corrected chi connectivity index (χ3v) is 6.18. The van der Waals surface area contributed by atoms with Gasteiger partial charge in [-0.3, -0.25) is 14.5 Å². The highest BCUT2D eigenvalue weighted by Gasteiger charge is 2.47. The quantitative estimate of drug-likeness (QED) is 0.236. The minimum absolute atomic E-state index is 0.0920. The molecule has 0 spiro atoms. The van der Waals surface area contributed by atoms with Gasteiger partial charge in [0, 0.05) is 17.3 Å². The van der Waals surface area contributed by atoms with Crippen LogP contribution in [0.2, 0.25) is 5.02 Å². The number of aliphatic hydroxyl groups excluding tert-OH is 1. The number of methoxy groups -OCH3 is 2. The molecule has 1 unspecified atom stereocenters. The van der Waals surface area contributed by atoms with Crippen LogP contribution in [0.15, 0.2) is 72.3 Å². The van der Waals surface area contributed by atoms with Crippen LogP contribution in [-0.4, -0.2) is 37.6 Å². The lowest BCUT2D eigenvalue weighted by atomic mass is 9.94. The van der Waals surface area contributed by atoms with E-state index in [9.17, 15) is 14.7 Å². The molecule has 1 aliphatic rings. The molecule has 4 rings (SSSR count). The summed E-state index contributed by atoms with van der Waals surface area (Å²) < 4.78 is 16.4. The van der Waals surface area contributed by atoms with E-state index >= 15 is 0 Å². The second kappa shape index (κ2) is 10.7. The fourth-order valence-electron chi connectivity index (χ4n) is 4.13. The number of anilines is 1. The van der Waals surface area contributed by atoms with Gasteiger partial charge in [-0.25, -0.2) is 0 Å². The van der Waals surface area contributed by atoms with Gasteiger partial charge in [0.05, 0.1) is 37.5 Å². The Morgan fingerprint density at radius 1 is 0.944 bits per heavy atom. The number of carbonyl (C=O) groups excluding carboxylic acids is 2. The maximum absolute atomic E-state index is 13.4. The summed E-state index contributed by atoms with van der Waals surface area (Å²) in [6, 6.07) is 17.7. The van der Waals surface area contributed by atoms with Crippen molar-refractivity contribution in [2.75, 3.05) is 25.7 Å². The first-order chi connectivity index (χ1) is 17.4. The third kappa shape index (κ3) is 4.75. The first kappa shape index (κ1) is 25.1. The Morgan fingerprint density at radius 3 is 2.36 bits per heavy atom. The largest absolute Gasteiger partial charge is 0.507 e. The Bertz CT molecular complexity index is 1340. The van der Waals surface area contributed by atoms with Gasteiger partial charge in [0.25, 0.3) is 11.7 Å². The van der Waals surface area contributed by atoms with E-state index in [0.717, 1.165) is 6.42 Å². The second-order valence-electron chi connectivity index (χ2n) is 8.14. The minimum Gasteiger partial charge on any atom is -0.507 e. The van der Waals surface area contributed by atoms with Crippen LogP contribution >= 0.6 is 11.6 Å². The van der Waals surface area contributed by atoms with Gasteiger partial charge in [-0.15, -0.1) is 0 Å². The van der Waals surface area contributed by atoms with Gasteiger partial charge in [0.15, 0.2) is 0 Å². The van der Waals surface area contributed by atoms with E-state index in [1.807, 2.05) is 6.92 Å². The molecule has 1 heterocycles. The summed E-state index contributed by atoms with van der Waals surface area (Å²) in [5.74, 6) is -0.469. The van der Waals surface area contributed by atoms with Crippen molar-refractivity contribution in [3.8, 4) is 17.2 Å². The molecule has 0 aromatic heterocycles. The molecule has 1 aliphatic heterocycles. The van der Waals surface area contributed by atoms with E-state index in [4.69, 9.17) is 25.8 Å². The minimum atomic E-state index is -0.940. The lowest BCUT2D eigenvalue weighted by Gasteiger charge is -2.26. The number of ether oxygens (including phenoxy) is 3. The molecular weight excluding hydrogens is 482 g/mol. The number of hydrogen-bond acceptors (Lipinski definition) is 6. The van der Waals surface area contributed by atoms with Gasteiger partial charge in [-0.1, -0.05) is 36.7 Å². The molecule has 1 atom stereocenters. The average Bonchev–Trinajstić information content (AvgIpc) is 3.17. The van der Waals surface area contributed by atoms with Crippen molar-refractivity contribution in [1.29, 1.82) is 0 Å². The number of nitrogens with zero attached hydrogens (tertiary/aromatic N) is 1. The summed E-state index contributed by atoms with van der Waals surface area (Å²) in [7, 11) is 3.00. The molecule has 1 fully saturated rings. The Labute approximate surface area is 214 Å². The van der Waals surface area contributed by atoms with Crippen LogP contribution in [0.5, 0.6) is 17.2 Å². The first-order valence-corrected chi connectivity index (χ1v) is 11.8. The van der Waals surface area contributed by atoms with Crippen LogP contribution in [0.3, 0.4) is 0 Å². The number of hydrogen-bond donors (Lipinski definition) is 1. The normalized spacial score (nSPS) is 16.8. The summed E-state index contributed by atoms with van der Waals surface area (Å²) in [6.45, 7) is 2.51. The lowest BCUT2D eigenvalue weighted by molar-refractivity contribution is -0.132. The number of carbonyl (C=O) groups is 2. The number of ketones is 1. The van der Waals surface area contributed by atoms with Crippen molar-refractivity contribution in [2.24, 2.45) is 0 Å². The number of benzene rings is 3. The van der Waals surface area contributed by atoms with Crippen LogP contribution < -0.4 is 19.1 Å². The van der Waals surface area contributed by atoms with E-state index in [2.05, 4.69) is 0 Å². The topological polar surface area (TPSA) is 85.3 Å². The maximum Gasteiger partial charge on any atom is 0.300 e. The van der Waals surface area contributed by atoms with E-state index in [0.29, 0.717) is 35.1 Å². The van der Waals surface area contributed by atoms with Crippen LogP contribution in [0.4, 0.5) is 5.69 Å². The summed E-state index contributed by atoms with van der Waals surface area (Å²) in [5.41, 5.74) is 1.12. The molecule has 0 aliphatic carbocycles. The zero-order chi connectivity index (χ0) is 25.8. The van der Waals surface area contributed by atoms with E-state index in [1.54, 1.807) is 60.7 Å². The second-order valence-corrected chi connectivity index (χ2v) is 8.54. The fourth-order valence-corrected chi connectivity index (χ4v) is 4.33. The van der Waals surface area contributed by atoms with Gasteiger partial charge in [0.1, 0.15) is 23.0 Å². The Hall–Kier alpha value is -3.97. The molecule has 1 amide bonds. The molecular formula is C28H26ClNO6. The fraction of sp³-hybridized carbons (Fsp3) is 0.214. The van der Waals surface area contributed by atoms with Crippen molar-refractivity contribution >= 4 is 34.7 Å². The first-order valence-electron chi connectivity index (χ1n) is 11.4. The highest BCUT2D eigenvalue weighted by molar-refractivity contribution is 6.52. The van der Waals surface area contributed by atoms with E-state index < -0.39 is 23.5 Å². The Kier molecular flexibility index (Phi) is 7.50. The predicted molar refractivity (Wildman–Crippen MR) is 138 cm³/mol. The van der Waals surface area contributed by atoms with Crippen LogP contribution in [-0.2, 0) is 9.59 Å². The monoisotopic (exact) mass is 507 g/mol. The zero-order valence-electron chi connectivity index (χ0n) is 20.2. The maximum atomic E-state index is 13.4. The van der Waals surface area contributed by atoms with E-state index in [-0.39, 0.29) is 16.2 Å². The van der Waals surface area contributed by atoms with Crippen molar-refractivity contribution in [1.82, 2.24) is 0 Å². The van der Waals surface area contributed by atoms with Crippen molar-refractivity contribution in [3.05, 3.63) is 88.5 Å². The van der Waals surface area contributed by atoms with Crippen LogP contribution in [0.25, 0.3) is 5.76 Å². The summed E-state index contributed by atoms with van der Waals surface area (Å²) in [6.07, 6.45) is 0.820. The van der Waals surface area contributed by atoms with E-state index in [1.165, 1.54) is 25.2 Å². The third-order valence-electron chi connectivity index (χ3n) is 5.85. The van der Waals surface area contributed by atoms with Gasteiger partial charge in [-0.2, -0.15) is 0 Å². The molecule has 0 saturated carbocycles. The van der Waals surface area contributed by atoms with Crippen molar-refractivity contribution in [2.45, 2.75) is 19.4 Å². The highest BCUT2D eigenvalue weighted by atomic mass is 35.5. The lowest BCUT2D eigenvalue weighted by Crippen LogP contribution is -2.29. The Morgan fingerprint density at radius 2 is 1.64 bits per heavy atom. The smallest absolute Gasteiger partial charge is 0.300 e. The summed E-state index contributed by atoms with van der Waals surface area (Å²) in [4.78, 5) is 28.2. The van der Waals surface area contributed by atoms with Crippen LogP contribution in [0, 0.1) is 0 Å². The molecule has 8 heteroatoms. The van der Waals surface area contributed by atoms with Crippen molar-refractivity contribution < 1.29 is 28.9 Å². The molecule has 1 N–H and O–H groups in total. The van der Waals surface area contributed by atoms with Crippen molar-refractivity contribution in [3.63, 3.8) is 0 Å². The SMILES string of the molecule is CCCOc1cccc(C2/C(=C(\O)c3cc(OC)ccc3Cl)C(=O)C(=O)N2c2cccc(OC)c2)c1. The molecule has 1 saturated heterocycles. The number of halogens is 1. The number of rotatable bonds is 8. The number of aliphatic hydroxyl groups is 1. The number of Topliss-reactive ketones (excluding diaryl/α,β-unsaturated/α-hetero) is 1. The predicted octanol–water partition coefficient (Wildman–Crippen LogP) is 5.77. The highest BCUT2D eigenvalue weighted by Crippen LogP contribution is 2.44. The van der Waals surface area contributed by atoms with Crippen LogP contribution in [0.1, 0.15) is 30.5 Å². The van der Waals surface area contributed by atoms with Gasteiger partial charge >= 0.3 is 0 Å². The molecule has 0 radical (unpaired) electrons. The number of amides is 1.